The van der Waals surface area contributed by atoms with Crippen molar-refractivity contribution in [1.29, 1.82) is 0 Å². The van der Waals surface area contributed by atoms with Crippen molar-refractivity contribution in [1.82, 2.24) is 4.98 Å². The number of pyridine rings is 1. The van der Waals surface area contributed by atoms with Crippen LogP contribution in [0.2, 0.25) is 0 Å². The summed E-state index contributed by atoms with van der Waals surface area (Å²) < 4.78 is 5.20. The summed E-state index contributed by atoms with van der Waals surface area (Å²) >= 11 is 0. The molecule has 0 saturated carbocycles. The van der Waals surface area contributed by atoms with Gasteiger partial charge in [-0.2, -0.15) is 0 Å². The Balaban J connectivity index is 1.82. The van der Waals surface area contributed by atoms with Crippen molar-refractivity contribution in [3.05, 3.63) is 102 Å². The second-order valence-electron chi connectivity index (χ2n) is 6.83. The maximum absolute atomic E-state index is 12.4. The number of phenolic OH excluding ortho intramolecular Hbond substituents is 1. The molecule has 4 rings (SSSR count). The zero-order chi connectivity index (χ0) is 20.9. The Morgan fingerprint density at radius 1 is 1.00 bits per heavy atom. The highest BCUT2D eigenvalue weighted by molar-refractivity contribution is 5.96. The number of aromatic nitrogens is 1. The second kappa shape index (κ2) is 8.66. The van der Waals surface area contributed by atoms with Crippen LogP contribution in [-0.2, 0) is 4.74 Å². The lowest BCUT2D eigenvalue weighted by Crippen LogP contribution is -2.16. The molecule has 4 aromatic rings. The summed E-state index contributed by atoms with van der Waals surface area (Å²) in [5.74, 6) is -0.278. The third-order valence-corrected chi connectivity index (χ3v) is 4.95. The molecule has 0 aliphatic rings. The average Bonchev–Trinajstić information content (AvgIpc) is 2.79. The molecule has 1 heterocycles. The van der Waals surface area contributed by atoms with Gasteiger partial charge in [0.15, 0.2) is 0 Å². The minimum Gasteiger partial charge on any atom is -0.505 e. The van der Waals surface area contributed by atoms with Gasteiger partial charge in [0, 0.05) is 22.8 Å². The van der Waals surface area contributed by atoms with Crippen molar-refractivity contribution in [3.8, 4) is 5.75 Å². The number of ether oxygens (including phenoxy) is 1. The van der Waals surface area contributed by atoms with E-state index in [1.165, 1.54) is 0 Å². The Labute approximate surface area is 175 Å². The van der Waals surface area contributed by atoms with Gasteiger partial charge in [-0.1, -0.05) is 60.7 Å². The van der Waals surface area contributed by atoms with E-state index in [2.05, 4.69) is 10.3 Å². The van der Waals surface area contributed by atoms with Gasteiger partial charge in [0.1, 0.15) is 11.3 Å². The monoisotopic (exact) mass is 398 g/mol. The van der Waals surface area contributed by atoms with Crippen LogP contribution in [0.4, 0.5) is 5.69 Å². The molecule has 0 unspecified atom stereocenters. The van der Waals surface area contributed by atoms with E-state index in [-0.39, 0.29) is 5.75 Å². The first-order valence-electron chi connectivity index (χ1n) is 9.83. The predicted octanol–water partition coefficient (Wildman–Crippen LogP) is 5.32. The lowest BCUT2D eigenvalue weighted by Gasteiger charge is -2.23. The number of nitrogens with zero attached hydrogens (tertiary/aromatic N) is 1. The van der Waals surface area contributed by atoms with Gasteiger partial charge in [0.2, 0.25) is 0 Å². The number of esters is 1. The summed E-state index contributed by atoms with van der Waals surface area (Å²) in [6.07, 6.45) is 1.66. The van der Waals surface area contributed by atoms with Gasteiger partial charge in [-0.25, -0.2) is 4.79 Å². The standard InChI is InChI=1S/C25H22N2O3/c1-2-30-25(29)19-12-6-7-13-21(19)27-22(17-9-4-3-5-10-17)20-15-14-18-11-8-16-26-23(18)24(20)28/h3-16,22,27-28H,2H2,1H3/t22-/m1/s1. The molecule has 2 N–H and O–H groups in total. The van der Waals surface area contributed by atoms with E-state index in [4.69, 9.17) is 4.74 Å². The van der Waals surface area contributed by atoms with Gasteiger partial charge in [0.05, 0.1) is 18.2 Å². The van der Waals surface area contributed by atoms with E-state index in [1.54, 1.807) is 25.3 Å². The minimum atomic E-state index is -0.395. The summed E-state index contributed by atoms with van der Waals surface area (Å²) in [6.45, 7) is 2.08. The van der Waals surface area contributed by atoms with E-state index in [1.807, 2.05) is 66.7 Å². The van der Waals surface area contributed by atoms with Crippen molar-refractivity contribution >= 4 is 22.6 Å². The Bertz CT molecular complexity index is 1180. The molecule has 30 heavy (non-hydrogen) atoms. The number of nitrogens with one attached hydrogen (secondary N) is 1. The number of rotatable bonds is 6. The van der Waals surface area contributed by atoms with Gasteiger partial charge < -0.3 is 15.2 Å². The minimum absolute atomic E-state index is 0.114. The highest BCUT2D eigenvalue weighted by atomic mass is 16.5. The van der Waals surface area contributed by atoms with Crippen LogP contribution in [0, 0.1) is 0 Å². The summed E-state index contributed by atoms with van der Waals surface area (Å²) in [7, 11) is 0. The molecule has 1 aromatic heterocycles. The number of anilines is 1. The van der Waals surface area contributed by atoms with Crippen LogP contribution >= 0.6 is 0 Å². The average molecular weight is 398 g/mol. The van der Waals surface area contributed by atoms with E-state index in [9.17, 15) is 9.90 Å². The molecule has 0 spiro atoms. The summed E-state index contributed by atoms with van der Waals surface area (Å²) in [6, 6.07) is 24.2. The first kappa shape index (κ1) is 19.5. The Morgan fingerprint density at radius 3 is 2.57 bits per heavy atom. The van der Waals surface area contributed by atoms with Crippen molar-refractivity contribution in [2.24, 2.45) is 0 Å². The molecule has 0 amide bonds. The van der Waals surface area contributed by atoms with Crippen LogP contribution in [-0.4, -0.2) is 22.7 Å². The van der Waals surface area contributed by atoms with Gasteiger partial charge in [-0.05, 0) is 30.7 Å². The Morgan fingerprint density at radius 2 is 1.77 bits per heavy atom. The molecular formula is C25H22N2O3. The van der Waals surface area contributed by atoms with Crippen LogP contribution in [0.1, 0.15) is 34.5 Å². The molecular weight excluding hydrogens is 376 g/mol. The number of benzene rings is 3. The molecule has 5 nitrogen and oxygen atoms in total. The molecule has 0 radical (unpaired) electrons. The second-order valence-corrected chi connectivity index (χ2v) is 6.83. The zero-order valence-electron chi connectivity index (χ0n) is 16.6. The van der Waals surface area contributed by atoms with Gasteiger partial charge in [0.25, 0.3) is 0 Å². The SMILES string of the molecule is CCOC(=O)c1ccccc1N[C@H](c1ccccc1)c1ccc2cccnc2c1O. The van der Waals surface area contributed by atoms with E-state index < -0.39 is 12.0 Å². The lowest BCUT2D eigenvalue weighted by atomic mass is 9.95. The first-order chi connectivity index (χ1) is 14.7. The van der Waals surface area contributed by atoms with E-state index in [0.29, 0.717) is 28.9 Å². The fourth-order valence-electron chi connectivity index (χ4n) is 3.52. The van der Waals surface area contributed by atoms with Crippen molar-refractivity contribution in [3.63, 3.8) is 0 Å². The fraction of sp³-hybridized carbons (Fsp3) is 0.120. The third-order valence-electron chi connectivity index (χ3n) is 4.95. The first-order valence-corrected chi connectivity index (χ1v) is 9.83. The number of carbonyl (C=O) groups excluding carboxylic acids is 1. The number of para-hydroxylation sites is 1. The van der Waals surface area contributed by atoms with E-state index in [0.717, 1.165) is 10.9 Å². The van der Waals surface area contributed by atoms with Crippen LogP contribution < -0.4 is 5.32 Å². The smallest absolute Gasteiger partial charge is 0.340 e. The third kappa shape index (κ3) is 3.82. The van der Waals surface area contributed by atoms with Crippen LogP contribution in [0.25, 0.3) is 10.9 Å². The molecule has 5 heteroatoms. The number of hydrogen-bond acceptors (Lipinski definition) is 5. The highest BCUT2D eigenvalue weighted by Gasteiger charge is 2.22. The molecule has 0 fully saturated rings. The lowest BCUT2D eigenvalue weighted by molar-refractivity contribution is 0.0527. The fourth-order valence-corrected chi connectivity index (χ4v) is 3.52. The molecule has 0 aliphatic carbocycles. The molecule has 0 bridgehead atoms. The molecule has 0 saturated heterocycles. The van der Waals surface area contributed by atoms with Crippen LogP contribution in [0.3, 0.4) is 0 Å². The van der Waals surface area contributed by atoms with Crippen LogP contribution in [0.5, 0.6) is 5.75 Å². The van der Waals surface area contributed by atoms with Gasteiger partial charge >= 0.3 is 5.97 Å². The molecule has 3 aromatic carbocycles. The number of phenols is 1. The van der Waals surface area contributed by atoms with Crippen molar-refractivity contribution in [2.75, 3.05) is 11.9 Å². The van der Waals surface area contributed by atoms with Gasteiger partial charge in [-0.3, -0.25) is 4.98 Å². The zero-order valence-corrected chi connectivity index (χ0v) is 16.6. The van der Waals surface area contributed by atoms with Gasteiger partial charge in [-0.15, -0.1) is 0 Å². The topological polar surface area (TPSA) is 71.5 Å². The summed E-state index contributed by atoms with van der Waals surface area (Å²) in [4.78, 5) is 16.8. The predicted molar refractivity (Wildman–Crippen MR) is 118 cm³/mol. The molecule has 150 valence electrons. The van der Waals surface area contributed by atoms with Crippen molar-refractivity contribution < 1.29 is 14.6 Å². The maximum atomic E-state index is 12.4. The maximum Gasteiger partial charge on any atom is 0.340 e. The molecule has 1 atom stereocenters. The number of aromatic hydroxyl groups is 1. The van der Waals surface area contributed by atoms with Crippen molar-refractivity contribution in [2.45, 2.75) is 13.0 Å². The Hall–Kier alpha value is -3.86. The largest absolute Gasteiger partial charge is 0.505 e. The molecule has 0 aliphatic heterocycles. The normalized spacial score (nSPS) is 11.8. The number of fused-ring (bicyclic) bond motifs is 1. The van der Waals surface area contributed by atoms with Crippen LogP contribution in [0.15, 0.2) is 85.1 Å². The highest BCUT2D eigenvalue weighted by Crippen LogP contribution is 2.37. The summed E-state index contributed by atoms with van der Waals surface area (Å²) in [5, 5.41) is 15.3. The number of carbonyl (C=O) groups is 1. The van der Waals surface area contributed by atoms with E-state index >= 15 is 0 Å². The quantitative estimate of drug-likeness (QED) is 0.430. The Kier molecular flexibility index (Phi) is 5.61. The number of hydrogen-bond donors (Lipinski definition) is 2. The summed E-state index contributed by atoms with van der Waals surface area (Å²) in [5.41, 5.74) is 3.23.